The maximum absolute atomic E-state index is 12.3. The molecule has 0 saturated carbocycles. The normalized spacial score (nSPS) is 19.3. The van der Waals surface area contributed by atoms with E-state index in [0.717, 1.165) is 16.7 Å². The Morgan fingerprint density at radius 2 is 1.97 bits per heavy atom. The number of sulfone groups is 1. The number of phenolic OH excluding ortho intramolecular Hbond substituents is 1. The van der Waals surface area contributed by atoms with Crippen LogP contribution in [0.5, 0.6) is 11.5 Å². The van der Waals surface area contributed by atoms with Crippen molar-refractivity contribution < 1.29 is 28.5 Å². The largest absolute Gasteiger partial charge is 0.504 e. The zero-order chi connectivity index (χ0) is 23.5. The predicted molar refractivity (Wildman–Crippen MR) is 134 cm³/mol. The van der Waals surface area contributed by atoms with Crippen molar-refractivity contribution in [3.63, 3.8) is 0 Å². The van der Waals surface area contributed by atoms with E-state index in [4.69, 9.17) is 4.74 Å². The van der Waals surface area contributed by atoms with E-state index in [-0.39, 0.29) is 11.5 Å². The number of aliphatic hydroxyl groups excluding tert-OH is 2. The molecule has 0 unspecified atom stereocenters. The van der Waals surface area contributed by atoms with Gasteiger partial charge in [0.05, 0.1) is 29.1 Å². The molecule has 0 fully saturated rings. The van der Waals surface area contributed by atoms with Crippen molar-refractivity contribution in [1.82, 2.24) is 0 Å². The molecular formula is C24H27IO6S. The number of methoxy groups -OCH3 is 1. The molecule has 6 nitrogen and oxygen atoms in total. The second-order valence-electron chi connectivity index (χ2n) is 7.86. The highest BCUT2D eigenvalue weighted by Gasteiger charge is 2.39. The first-order valence-corrected chi connectivity index (χ1v) is 13.0. The molecule has 0 amide bonds. The highest BCUT2D eigenvalue weighted by Crippen LogP contribution is 2.36. The monoisotopic (exact) mass is 570 g/mol. The minimum absolute atomic E-state index is 0.0850. The lowest BCUT2D eigenvalue weighted by Crippen LogP contribution is -2.29. The molecule has 0 saturated heterocycles. The van der Waals surface area contributed by atoms with Gasteiger partial charge in [-0.3, -0.25) is 0 Å². The van der Waals surface area contributed by atoms with Crippen LogP contribution in [0.2, 0.25) is 0 Å². The molecule has 1 heterocycles. The van der Waals surface area contributed by atoms with Crippen molar-refractivity contribution in [3.05, 3.63) is 68.3 Å². The number of aliphatic hydroxyl groups is 2. The lowest BCUT2D eigenvalue weighted by Gasteiger charge is -2.19. The van der Waals surface area contributed by atoms with Crippen LogP contribution in [0.25, 0.3) is 11.6 Å². The Kier molecular flexibility index (Phi) is 8.02. The van der Waals surface area contributed by atoms with Crippen LogP contribution < -0.4 is 4.74 Å². The molecule has 32 heavy (non-hydrogen) atoms. The second-order valence-corrected chi connectivity index (χ2v) is 11.2. The lowest BCUT2D eigenvalue weighted by atomic mass is 9.92. The number of hydrogen-bond acceptors (Lipinski definition) is 6. The quantitative estimate of drug-likeness (QED) is 0.254. The number of halogens is 1. The SMILES string of the molecule is COc1cc(/C=C(/CC[C@@H](O)C2=C(C)CS(=O)(=O)[C@H]2CO)c2ccccc2)cc(I)c1O. The molecule has 2 atom stereocenters. The van der Waals surface area contributed by atoms with Gasteiger partial charge in [-0.2, -0.15) is 0 Å². The van der Waals surface area contributed by atoms with Gasteiger partial charge in [0.2, 0.25) is 0 Å². The fourth-order valence-electron chi connectivity index (χ4n) is 4.10. The van der Waals surface area contributed by atoms with Crippen LogP contribution in [0.15, 0.2) is 53.6 Å². The molecule has 1 aliphatic rings. The van der Waals surface area contributed by atoms with Crippen molar-refractivity contribution >= 4 is 44.1 Å². The number of rotatable bonds is 8. The van der Waals surface area contributed by atoms with Crippen molar-refractivity contribution in [2.45, 2.75) is 31.1 Å². The Morgan fingerprint density at radius 3 is 2.59 bits per heavy atom. The molecule has 3 rings (SSSR count). The summed E-state index contributed by atoms with van der Waals surface area (Å²) >= 11 is 2.04. The Hall–Kier alpha value is -1.88. The van der Waals surface area contributed by atoms with Crippen LogP contribution in [-0.2, 0) is 9.84 Å². The van der Waals surface area contributed by atoms with Crippen LogP contribution in [0.4, 0.5) is 0 Å². The summed E-state index contributed by atoms with van der Waals surface area (Å²) in [5.74, 6) is 0.331. The van der Waals surface area contributed by atoms with Crippen LogP contribution in [-0.4, -0.2) is 54.6 Å². The number of hydrogen-bond donors (Lipinski definition) is 3. The Morgan fingerprint density at radius 1 is 1.28 bits per heavy atom. The summed E-state index contributed by atoms with van der Waals surface area (Å²) < 4.78 is 30.5. The van der Waals surface area contributed by atoms with E-state index >= 15 is 0 Å². The van der Waals surface area contributed by atoms with E-state index in [9.17, 15) is 23.7 Å². The highest BCUT2D eigenvalue weighted by atomic mass is 127. The fourth-order valence-corrected chi connectivity index (χ4v) is 6.67. The van der Waals surface area contributed by atoms with Crippen LogP contribution in [0, 0.1) is 3.57 Å². The summed E-state index contributed by atoms with van der Waals surface area (Å²) in [5.41, 5.74) is 3.79. The molecule has 2 aromatic rings. The summed E-state index contributed by atoms with van der Waals surface area (Å²) in [4.78, 5) is 0. The van der Waals surface area contributed by atoms with Gasteiger partial charge in [0.25, 0.3) is 0 Å². The van der Waals surface area contributed by atoms with Gasteiger partial charge < -0.3 is 20.1 Å². The standard InChI is InChI=1S/C24H27IO6S/c1-15-14-32(29,30)22(13-26)23(15)20(27)9-8-18(17-6-4-3-5-7-17)10-16-11-19(25)24(28)21(12-16)31-2/h3-7,10-12,20,22,26-28H,8-9,13-14H2,1-2H3/b18-10-/t20-,22+/m1/s1. The van der Waals surface area contributed by atoms with Crippen molar-refractivity contribution in [2.75, 3.05) is 19.5 Å². The van der Waals surface area contributed by atoms with Crippen LogP contribution >= 0.6 is 22.6 Å². The summed E-state index contributed by atoms with van der Waals surface area (Å²) in [6.07, 6.45) is 1.81. The average molecular weight is 570 g/mol. The third-order valence-electron chi connectivity index (χ3n) is 5.66. The van der Waals surface area contributed by atoms with Gasteiger partial charge in [0, 0.05) is 0 Å². The van der Waals surface area contributed by atoms with Crippen molar-refractivity contribution in [1.29, 1.82) is 0 Å². The Balaban J connectivity index is 1.91. The zero-order valence-electron chi connectivity index (χ0n) is 18.0. The minimum Gasteiger partial charge on any atom is -0.504 e. The molecule has 3 N–H and O–H groups in total. The Labute approximate surface area is 202 Å². The smallest absolute Gasteiger partial charge is 0.171 e. The highest BCUT2D eigenvalue weighted by molar-refractivity contribution is 14.1. The lowest BCUT2D eigenvalue weighted by molar-refractivity contribution is 0.190. The molecule has 2 aromatic carbocycles. The van der Waals surface area contributed by atoms with Gasteiger partial charge in [-0.05, 0) is 76.8 Å². The molecule has 0 spiro atoms. The first-order chi connectivity index (χ1) is 15.2. The van der Waals surface area contributed by atoms with E-state index in [2.05, 4.69) is 0 Å². The molecular weight excluding hydrogens is 543 g/mol. The van der Waals surface area contributed by atoms with Gasteiger partial charge in [0.15, 0.2) is 21.3 Å². The molecule has 172 valence electrons. The van der Waals surface area contributed by atoms with E-state index in [1.807, 2.05) is 65.1 Å². The van der Waals surface area contributed by atoms with Gasteiger partial charge >= 0.3 is 0 Å². The first kappa shape index (κ1) is 24.8. The average Bonchev–Trinajstić information content (AvgIpc) is 3.01. The fraction of sp³-hybridized carbons (Fsp3) is 0.333. The van der Waals surface area contributed by atoms with E-state index < -0.39 is 27.8 Å². The van der Waals surface area contributed by atoms with Crippen LogP contribution in [0.3, 0.4) is 0 Å². The van der Waals surface area contributed by atoms with Crippen molar-refractivity contribution in [3.8, 4) is 11.5 Å². The van der Waals surface area contributed by atoms with E-state index in [1.165, 1.54) is 7.11 Å². The van der Waals surface area contributed by atoms with Crippen molar-refractivity contribution in [2.24, 2.45) is 0 Å². The predicted octanol–water partition coefficient (Wildman–Crippen LogP) is 3.79. The number of benzene rings is 2. The number of phenols is 1. The number of allylic oxidation sites excluding steroid dienone is 1. The molecule has 0 bridgehead atoms. The third-order valence-corrected chi connectivity index (χ3v) is 8.59. The topological polar surface area (TPSA) is 104 Å². The molecule has 1 aliphatic heterocycles. The molecule has 8 heteroatoms. The molecule has 0 aliphatic carbocycles. The second kappa shape index (κ2) is 10.4. The number of ether oxygens (including phenoxy) is 1. The molecule has 0 radical (unpaired) electrons. The summed E-state index contributed by atoms with van der Waals surface area (Å²) in [6, 6.07) is 13.3. The van der Waals surface area contributed by atoms with Gasteiger partial charge in [-0.25, -0.2) is 8.42 Å². The minimum atomic E-state index is -3.47. The first-order valence-electron chi connectivity index (χ1n) is 10.2. The summed E-state index contributed by atoms with van der Waals surface area (Å²) in [5, 5.41) is 29.6. The Bertz CT molecular complexity index is 1140. The molecule has 0 aromatic heterocycles. The summed E-state index contributed by atoms with van der Waals surface area (Å²) in [6.45, 7) is 1.17. The van der Waals surface area contributed by atoms with Gasteiger partial charge in [-0.15, -0.1) is 0 Å². The third kappa shape index (κ3) is 5.36. The maximum atomic E-state index is 12.3. The van der Waals surface area contributed by atoms with Gasteiger partial charge in [-0.1, -0.05) is 42.0 Å². The van der Waals surface area contributed by atoms with E-state index in [1.54, 1.807) is 13.0 Å². The zero-order valence-corrected chi connectivity index (χ0v) is 20.9. The summed E-state index contributed by atoms with van der Waals surface area (Å²) in [7, 11) is -1.98. The maximum Gasteiger partial charge on any atom is 0.171 e. The number of aromatic hydroxyl groups is 1. The van der Waals surface area contributed by atoms with Gasteiger partial charge in [0.1, 0.15) is 5.25 Å². The van der Waals surface area contributed by atoms with E-state index in [0.29, 0.717) is 33.3 Å². The van der Waals surface area contributed by atoms with Crippen LogP contribution in [0.1, 0.15) is 30.9 Å².